The summed E-state index contributed by atoms with van der Waals surface area (Å²) in [6.07, 6.45) is 0.0409. The van der Waals surface area contributed by atoms with Crippen LogP contribution in [-0.4, -0.2) is 37.2 Å². The van der Waals surface area contributed by atoms with Gasteiger partial charge in [0.1, 0.15) is 18.9 Å². The van der Waals surface area contributed by atoms with Gasteiger partial charge in [0, 0.05) is 5.92 Å². The summed E-state index contributed by atoms with van der Waals surface area (Å²) in [7, 11) is 0. The first kappa shape index (κ1) is 19.1. The maximum Gasteiger partial charge on any atom is 0.407 e. The van der Waals surface area contributed by atoms with E-state index in [0.29, 0.717) is 6.29 Å². The minimum Gasteiger partial charge on any atom is -0.449 e. The molecule has 0 saturated heterocycles. The molecule has 1 amide bonds. The Hall–Kier alpha value is -2.66. The summed E-state index contributed by atoms with van der Waals surface area (Å²) in [6, 6.07) is 15.6. The molecule has 1 aliphatic carbocycles. The van der Waals surface area contributed by atoms with Crippen molar-refractivity contribution < 1.29 is 19.1 Å². The normalized spacial score (nSPS) is 14.2. The van der Waals surface area contributed by atoms with Gasteiger partial charge in [0.05, 0.1) is 12.2 Å². The second-order valence-electron chi connectivity index (χ2n) is 7.64. The van der Waals surface area contributed by atoms with E-state index < -0.39 is 12.1 Å². The summed E-state index contributed by atoms with van der Waals surface area (Å²) in [5.74, 6) is -0.0105. The molecule has 0 bridgehead atoms. The lowest BCUT2D eigenvalue weighted by atomic mass is 9.98. The standard InChI is InChI=1S/C22H25NO4/c1-22(2,3)27-13-15(12-24)23-21(25)26-14-20-18-10-6-4-8-16(18)17-9-5-7-11-19(17)20/h4-12,15,20H,13-14H2,1-3H3,(H,23,25)/t15-/m1/s1. The van der Waals surface area contributed by atoms with Gasteiger partial charge in [0.25, 0.3) is 0 Å². The Morgan fingerprint density at radius 2 is 1.63 bits per heavy atom. The third kappa shape index (κ3) is 4.55. The molecule has 5 nitrogen and oxygen atoms in total. The lowest BCUT2D eigenvalue weighted by molar-refractivity contribution is -0.112. The molecule has 0 fully saturated rings. The van der Waals surface area contributed by atoms with Gasteiger partial charge >= 0.3 is 6.09 Å². The van der Waals surface area contributed by atoms with Crippen LogP contribution in [0.4, 0.5) is 4.79 Å². The number of alkyl carbamates (subject to hydrolysis) is 1. The molecule has 0 aliphatic heterocycles. The SMILES string of the molecule is CC(C)(C)OC[C@@H](C=O)NC(=O)OCC1c2ccccc2-c2ccccc21. The number of carbonyl (C=O) groups is 2. The van der Waals surface area contributed by atoms with E-state index >= 15 is 0 Å². The van der Waals surface area contributed by atoms with Crippen molar-refractivity contribution in [1.82, 2.24) is 5.32 Å². The number of fused-ring (bicyclic) bond motifs is 3. The summed E-state index contributed by atoms with van der Waals surface area (Å²) in [6.45, 7) is 6.00. The molecule has 0 saturated carbocycles. The first-order valence-electron chi connectivity index (χ1n) is 9.10. The van der Waals surface area contributed by atoms with Gasteiger partial charge in [-0.2, -0.15) is 0 Å². The summed E-state index contributed by atoms with van der Waals surface area (Å²) >= 11 is 0. The number of hydrogen-bond donors (Lipinski definition) is 1. The van der Waals surface area contributed by atoms with Crippen molar-refractivity contribution in [2.75, 3.05) is 13.2 Å². The lowest BCUT2D eigenvalue weighted by Gasteiger charge is -2.22. The first-order valence-corrected chi connectivity index (χ1v) is 9.10. The second-order valence-corrected chi connectivity index (χ2v) is 7.64. The van der Waals surface area contributed by atoms with Gasteiger partial charge in [-0.05, 0) is 43.0 Å². The Balaban J connectivity index is 1.63. The van der Waals surface area contributed by atoms with Crippen molar-refractivity contribution in [3.8, 4) is 11.1 Å². The zero-order valence-electron chi connectivity index (χ0n) is 15.9. The number of aldehydes is 1. The van der Waals surface area contributed by atoms with Crippen LogP contribution in [0.15, 0.2) is 48.5 Å². The van der Waals surface area contributed by atoms with E-state index in [1.54, 1.807) is 0 Å². The molecule has 0 spiro atoms. The van der Waals surface area contributed by atoms with Crippen LogP contribution in [-0.2, 0) is 14.3 Å². The van der Waals surface area contributed by atoms with Crippen LogP contribution in [0.3, 0.4) is 0 Å². The number of benzene rings is 2. The van der Waals surface area contributed by atoms with Crippen LogP contribution < -0.4 is 5.32 Å². The van der Waals surface area contributed by atoms with Gasteiger partial charge in [-0.25, -0.2) is 4.79 Å². The summed E-state index contributed by atoms with van der Waals surface area (Å²) in [5, 5.41) is 2.56. The van der Waals surface area contributed by atoms with E-state index in [9.17, 15) is 9.59 Å². The summed E-state index contributed by atoms with van der Waals surface area (Å²) < 4.78 is 11.0. The minimum atomic E-state index is -0.736. The van der Waals surface area contributed by atoms with Crippen molar-refractivity contribution in [1.29, 1.82) is 0 Å². The van der Waals surface area contributed by atoms with Crippen LogP contribution in [0.5, 0.6) is 0 Å². The maximum absolute atomic E-state index is 12.2. The van der Waals surface area contributed by atoms with Crippen LogP contribution in [0, 0.1) is 0 Å². The molecule has 0 unspecified atom stereocenters. The largest absolute Gasteiger partial charge is 0.449 e. The Morgan fingerprint density at radius 1 is 1.07 bits per heavy atom. The molecule has 0 heterocycles. The molecule has 27 heavy (non-hydrogen) atoms. The average Bonchev–Trinajstić information content (AvgIpc) is 2.97. The number of hydrogen-bond acceptors (Lipinski definition) is 4. The van der Waals surface area contributed by atoms with E-state index in [4.69, 9.17) is 9.47 Å². The Kier molecular flexibility index (Phi) is 5.61. The van der Waals surface area contributed by atoms with Crippen molar-refractivity contribution >= 4 is 12.4 Å². The molecule has 1 atom stereocenters. The van der Waals surface area contributed by atoms with Crippen LogP contribution in [0.1, 0.15) is 37.8 Å². The quantitative estimate of drug-likeness (QED) is 0.786. The number of amides is 1. The molecule has 1 N–H and O–H groups in total. The second kappa shape index (κ2) is 7.92. The Bertz CT molecular complexity index is 780. The lowest BCUT2D eigenvalue weighted by Crippen LogP contribution is -2.41. The molecule has 0 aromatic heterocycles. The smallest absolute Gasteiger partial charge is 0.407 e. The zero-order valence-corrected chi connectivity index (χ0v) is 15.9. The number of ether oxygens (including phenoxy) is 2. The fourth-order valence-electron chi connectivity index (χ4n) is 3.25. The van der Waals surface area contributed by atoms with Gasteiger partial charge in [-0.3, -0.25) is 0 Å². The Morgan fingerprint density at radius 3 is 2.15 bits per heavy atom. The predicted octanol–water partition coefficient (Wildman–Crippen LogP) is 3.91. The van der Waals surface area contributed by atoms with E-state index in [2.05, 4.69) is 29.6 Å². The van der Waals surface area contributed by atoms with E-state index in [1.165, 1.54) is 11.1 Å². The van der Waals surface area contributed by atoms with Crippen molar-refractivity contribution in [3.05, 3.63) is 59.7 Å². The molecule has 142 valence electrons. The maximum atomic E-state index is 12.2. The fourth-order valence-corrected chi connectivity index (χ4v) is 3.25. The number of nitrogens with one attached hydrogen (secondary N) is 1. The molecule has 2 aromatic carbocycles. The third-order valence-corrected chi connectivity index (χ3v) is 4.51. The van der Waals surface area contributed by atoms with E-state index in [1.807, 2.05) is 45.0 Å². The molecule has 0 radical (unpaired) electrons. The predicted molar refractivity (Wildman–Crippen MR) is 104 cm³/mol. The van der Waals surface area contributed by atoms with Crippen LogP contribution >= 0.6 is 0 Å². The van der Waals surface area contributed by atoms with E-state index in [0.717, 1.165) is 11.1 Å². The highest BCUT2D eigenvalue weighted by molar-refractivity contribution is 5.79. The zero-order chi connectivity index (χ0) is 19.4. The molecule has 3 rings (SSSR count). The number of carbonyl (C=O) groups excluding carboxylic acids is 2. The summed E-state index contributed by atoms with van der Waals surface area (Å²) in [4.78, 5) is 23.4. The third-order valence-electron chi connectivity index (χ3n) is 4.51. The van der Waals surface area contributed by atoms with Crippen molar-refractivity contribution in [3.63, 3.8) is 0 Å². The molecule has 2 aromatic rings. The Labute approximate surface area is 159 Å². The molecular formula is C22H25NO4. The van der Waals surface area contributed by atoms with Gasteiger partial charge in [0.15, 0.2) is 0 Å². The van der Waals surface area contributed by atoms with Gasteiger partial charge in [-0.15, -0.1) is 0 Å². The molecule has 1 aliphatic rings. The van der Waals surface area contributed by atoms with Crippen LogP contribution in [0.2, 0.25) is 0 Å². The molecule has 5 heteroatoms. The van der Waals surface area contributed by atoms with Gasteiger partial charge < -0.3 is 19.6 Å². The van der Waals surface area contributed by atoms with Crippen molar-refractivity contribution in [2.45, 2.75) is 38.3 Å². The first-order chi connectivity index (χ1) is 12.9. The monoisotopic (exact) mass is 367 g/mol. The van der Waals surface area contributed by atoms with Crippen molar-refractivity contribution in [2.24, 2.45) is 0 Å². The summed E-state index contributed by atoms with van der Waals surface area (Å²) in [5.41, 5.74) is 4.26. The minimum absolute atomic E-state index is 0.0105. The average molecular weight is 367 g/mol. The molecular weight excluding hydrogens is 342 g/mol. The highest BCUT2D eigenvalue weighted by Crippen LogP contribution is 2.44. The van der Waals surface area contributed by atoms with Gasteiger partial charge in [0.2, 0.25) is 0 Å². The topological polar surface area (TPSA) is 64.6 Å². The number of rotatable bonds is 6. The van der Waals surface area contributed by atoms with Gasteiger partial charge in [-0.1, -0.05) is 48.5 Å². The fraction of sp³-hybridized carbons (Fsp3) is 0.364. The highest BCUT2D eigenvalue weighted by atomic mass is 16.5. The highest BCUT2D eigenvalue weighted by Gasteiger charge is 2.29. The van der Waals surface area contributed by atoms with Crippen LogP contribution in [0.25, 0.3) is 11.1 Å². The van der Waals surface area contributed by atoms with E-state index in [-0.39, 0.29) is 24.7 Å².